The largest absolute Gasteiger partial charge is 0.270 e. The molecule has 0 spiro atoms. The molecular weight excluding hydrogens is 327 g/mol. The van der Waals surface area contributed by atoms with E-state index in [4.69, 9.17) is 0 Å². The second-order valence-corrected chi connectivity index (χ2v) is 4.84. The third kappa shape index (κ3) is 3.83. The van der Waals surface area contributed by atoms with Crippen LogP contribution < -0.4 is 0 Å². The minimum atomic E-state index is 0.967. The highest BCUT2D eigenvalue weighted by molar-refractivity contribution is 14.1. The second kappa shape index (κ2) is 6.78. The van der Waals surface area contributed by atoms with E-state index in [1.165, 1.54) is 15.0 Å². The predicted octanol–water partition coefficient (Wildman–Crippen LogP) is 3.03. The number of rotatable bonds is 2. The van der Waals surface area contributed by atoms with Gasteiger partial charge in [0.25, 0.3) is 0 Å². The highest BCUT2D eigenvalue weighted by Gasteiger charge is 1.98. The lowest BCUT2D eigenvalue weighted by Gasteiger charge is -1.96. The van der Waals surface area contributed by atoms with Crippen LogP contribution in [0.25, 0.3) is 0 Å². The summed E-state index contributed by atoms with van der Waals surface area (Å²) in [5.74, 6) is 0. The zero-order valence-electron chi connectivity index (χ0n) is 10.8. The molecule has 0 unspecified atom stereocenters. The van der Waals surface area contributed by atoms with Crippen LogP contribution in [-0.4, -0.2) is 19.6 Å². The summed E-state index contributed by atoms with van der Waals surface area (Å²) in [5.41, 5.74) is 2.49. The molecule has 0 aromatic carbocycles. The zero-order chi connectivity index (χ0) is 12.8. The van der Waals surface area contributed by atoms with E-state index in [-0.39, 0.29) is 0 Å². The van der Waals surface area contributed by atoms with Crippen LogP contribution in [0.4, 0.5) is 0 Å². The molecule has 0 saturated heterocycles. The van der Waals surface area contributed by atoms with Gasteiger partial charge in [-0.3, -0.25) is 9.36 Å². The second-order valence-electron chi connectivity index (χ2n) is 3.68. The van der Waals surface area contributed by atoms with Crippen LogP contribution in [0.1, 0.15) is 25.2 Å². The lowest BCUT2D eigenvalue weighted by molar-refractivity contribution is 0.639. The molecule has 0 N–H and O–H groups in total. The van der Waals surface area contributed by atoms with E-state index in [1.54, 1.807) is 0 Å². The molecule has 17 heavy (non-hydrogen) atoms. The Morgan fingerprint density at radius 3 is 2.00 bits per heavy atom. The Morgan fingerprint density at radius 2 is 1.76 bits per heavy atom. The van der Waals surface area contributed by atoms with Gasteiger partial charge in [0.15, 0.2) is 0 Å². The fourth-order valence-corrected chi connectivity index (χ4v) is 1.88. The molecule has 4 nitrogen and oxygen atoms in total. The van der Waals surface area contributed by atoms with Crippen molar-refractivity contribution in [2.75, 3.05) is 0 Å². The summed E-state index contributed by atoms with van der Waals surface area (Å²) in [6, 6.07) is 2.00. The van der Waals surface area contributed by atoms with E-state index in [0.717, 1.165) is 13.1 Å². The summed E-state index contributed by atoms with van der Waals surface area (Å²) >= 11 is 2.29. The SMILES string of the molecule is CCn1ncc(I)c1C.CCn1nccc1C. The Bertz CT molecular complexity index is 459. The Kier molecular flexibility index (Phi) is 5.67. The standard InChI is InChI=1S/C6H9IN2.C6H10N2/c1-3-9-5(2)6(7)4-8-9;1-3-8-6(2)4-5-7-8/h4H,3H2,1-2H3;4-5H,3H2,1-2H3. The number of aromatic nitrogens is 4. The highest BCUT2D eigenvalue weighted by atomic mass is 127. The van der Waals surface area contributed by atoms with E-state index in [1.807, 2.05) is 27.8 Å². The number of aryl methyl sites for hydroxylation is 3. The normalized spacial score (nSPS) is 9.94. The fourth-order valence-electron chi connectivity index (χ4n) is 1.47. The van der Waals surface area contributed by atoms with Crippen molar-refractivity contribution in [3.05, 3.63) is 33.4 Å². The molecule has 2 aromatic rings. The molecule has 0 aliphatic heterocycles. The number of nitrogens with zero attached hydrogens (tertiary/aromatic N) is 4. The van der Waals surface area contributed by atoms with Crippen molar-refractivity contribution >= 4 is 22.6 Å². The van der Waals surface area contributed by atoms with Crippen molar-refractivity contribution in [3.63, 3.8) is 0 Å². The summed E-state index contributed by atoms with van der Waals surface area (Å²) in [6.07, 6.45) is 3.71. The monoisotopic (exact) mass is 346 g/mol. The Balaban J connectivity index is 0.000000171. The summed E-state index contributed by atoms with van der Waals surface area (Å²) in [6.45, 7) is 10.2. The molecule has 0 saturated carbocycles. The molecule has 2 heterocycles. The maximum Gasteiger partial charge on any atom is 0.0626 e. The van der Waals surface area contributed by atoms with E-state index in [0.29, 0.717) is 0 Å². The van der Waals surface area contributed by atoms with E-state index in [2.05, 4.69) is 60.5 Å². The molecule has 0 aliphatic carbocycles. The smallest absolute Gasteiger partial charge is 0.0626 e. The summed E-state index contributed by atoms with van der Waals surface area (Å²) in [5, 5.41) is 8.19. The average Bonchev–Trinajstić information content (AvgIpc) is 2.88. The highest BCUT2D eigenvalue weighted by Crippen LogP contribution is 2.08. The molecule has 0 radical (unpaired) electrons. The van der Waals surface area contributed by atoms with Crippen molar-refractivity contribution in [3.8, 4) is 0 Å². The molecule has 0 bridgehead atoms. The van der Waals surface area contributed by atoms with Crippen LogP contribution in [0, 0.1) is 17.4 Å². The number of hydrogen-bond acceptors (Lipinski definition) is 2. The van der Waals surface area contributed by atoms with Crippen LogP contribution in [0.15, 0.2) is 18.5 Å². The molecule has 2 rings (SSSR count). The van der Waals surface area contributed by atoms with Gasteiger partial charge in [0.1, 0.15) is 0 Å². The molecule has 0 fully saturated rings. The summed E-state index contributed by atoms with van der Waals surface area (Å²) < 4.78 is 5.19. The van der Waals surface area contributed by atoms with Crippen LogP contribution in [0.5, 0.6) is 0 Å². The quantitative estimate of drug-likeness (QED) is 0.784. The first-order valence-electron chi connectivity index (χ1n) is 5.76. The molecular formula is C12H19IN4. The molecule has 0 aliphatic rings. The maximum absolute atomic E-state index is 4.14. The number of hydrogen-bond donors (Lipinski definition) is 0. The maximum atomic E-state index is 4.14. The van der Waals surface area contributed by atoms with Crippen LogP contribution in [0.3, 0.4) is 0 Å². The van der Waals surface area contributed by atoms with Gasteiger partial charge in [-0.2, -0.15) is 10.2 Å². The number of halogens is 1. The van der Waals surface area contributed by atoms with Crippen molar-refractivity contribution in [1.29, 1.82) is 0 Å². The van der Waals surface area contributed by atoms with Crippen LogP contribution >= 0.6 is 22.6 Å². The fraction of sp³-hybridized carbons (Fsp3) is 0.500. The van der Waals surface area contributed by atoms with Crippen LogP contribution in [-0.2, 0) is 13.1 Å². The van der Waals surface area contributed by atoms with Gasteiger partial charge in [-0.15, -0.1) is 0 Å². The lowest BCUT2D eigenvalue weighted by atomic mass is 10.5. The van der Waals surface area contributed by atoms with Gasteiger partial charge < -0.3 is 0 Å². The first kappa shape index (κ1) is 14.2. The summed E-state index contributed by atoms with van der Waals surface area (Å²) in [4.78, 5) is 0. The van der Waals surface area contributed by atoms with Gasteiger partial charge in [0.05, 0.1) is 9.77 Å². The molecule has 5 heteroatoms. The Labute approximate surface area is 116 Å². The minimum absolute atomic E-state index is 0.967. The van der Waals surface area contributed by atoms with Gasteiger partial charge in [-0.1, -0.05) is 0 Å². The van der Waals surface area contributed by atoms with Crippen molar-refractivity contribution in [1.82, 2.24) is 19.6 Å². The molecule has 2 aromatic heterocycles. The summed E-state index contributed by atoms with van der Waals surface area (Å²) in [7, 11) is 0. The van der Waals surface area contributed by atoms with E-state index in [9.17, 15) is 0 Å². The molecule has 0 amide bonds. The Hall–Kier alpha value is -0.850. The van der Waals surface area contributed by atoms with Crippen molar-refractivity contribution in [2.45, 2.75) is 40.8 Å². The molecule has 94 valence electrons. The van der Waals surface area contributed by atoms with Gasteiger partial charge in [-0.25, -0.2) is 0 Å². The van der Waals surface area contributed by atoms with E-state index >= 15 is 0 Å². The first-order valence-corrected chi connectivity index (χ1v) is 6.84. The predicted molar refractivity (Wildman–Crippen MR) is 78.0 cm³/mol. The van der Waals surface area contributed by atoms with E-state index < -0.39 is 0 Å². The lowest BCUT2D eigenvalue weighted by Crippen LogP contribution is -1.98. The van der Waals surface area contributed by atoms with Gasteiger partial charge in [-0.05, 0) is 56.4 Å². The van der Waals surface area contributed by atoms with Gasteiger partial charge >= 0.3 is 0 Å². The third-order valence-corrected chi connectivity index (χ3v) is 3.63. The Morgan fingerprint density at radius 1 is 1.12 bits per heavy atom. The third-order valence-electron chi connectivity index (χ3n) is 2.57. The zero-order valence-corrected chi connectivity index (χ0v) is 13.0. The minimum Gasteiger partial charge on any atom is -0.270 e. The first-order chi connectivity index (χ1) is 8.10. The van der Waals surface area contributed by atoms with Gasteiger partial charge in [0.2, 0.25) is 0 Å². The van der Waals surface area contributed by atoms with Crippen LogP contribution in [0.2, 0.25) is 0 Å². The van der Waals surface area contributed by atoms with Crippen molar-refractivity contribution in [2.24, 2.45) is 0 Å². The van der Waals surface area contributed by atoms with Gasteiger partial charge in [0, 0.05) is 30.7 Å². The van der Waals surface area contributed by atoms with Crippen molar-refractivity contribution < 1.29 is 0 Å². The topological polar surface area (TPSA) is 35.6 Å². The average molecular weight is 346 g/mol. The molecule has 0 atom stereocenters.